The van der Waals surface area contributed by atoms with Crippen LogP contribution in [0.2, 0.25) is 0 Å². The summed E-state index contributed by atoms with van der Waals surface area (Å²) in [6.45, 7) is 3.40. The number of carbonyl (C=O) groups excluding carboxylic acids is 3. The molecule has 216 valence electrons. The monoisotopic (exact) mass is 551 g/mol. The number of aliphatic imine (C=N–C) groups is 1. The first kappa shape index (κ1) is 32.6. The number of phenols is 1. The second-order valence-corrected chi connectivity index (χ2v) is 9.21. The van der Waals surface area contributed by atoms with Crippen molar-refractivity contribution in [2.45, 2.75) is 63.7 Å². The van der Waals surface area contributed by atoms with Crippen LogP contribution in [0.1, 0.15) is 38.7 Å². The van der Waals surface area contributed by atoms with E-state index < -0.39 is 66.2 Å². The molecule has 0 aliphatic heterocycles. The van der Waals surface area contributed by atoms with Crippen molar-refractivity contribution in [2.75, 3.05) is 6.54 Å². The maximum absolute atomic E-state index is 13.2. The molecule has 0 saturated carbocycles. The summed E-state index contributed by atoms with van der Waals surface area (Å²) in [7, 11) is 0. The highest BCUT2D eigenvalue weighted by Gasteiger charge is 2.32. The molecular formula is C24H37N7O8. The number of hydrogen-bond acceptors (Lipinski definition) is 8. The van der Waals surface area contributed by atoms with Crippen molar-refractivity contribution in [2.24, 2.45) is 28.1 Å². The van der Waals surface area contributed by atoms with Crippen molar-refractivity contribution < 1.29 is 39.3 Å². The molecule has 0 heterocycles. The third-order valence-electron chi connectivity index (χ3n) is 5.55. The minimum absolute atomic E-state index is 0.00384. The Balaban J connectivity index is 3.11. The number of aliphatic carboxylic acids is 2. The lowest BCUT2D eigenvalue weighted by molar-refractivity contribution is -0.142. The van der Waals surface area contributed by atoms with Crippen molar-refractivity contribution in [1.29, 1.82) is 0 Å². The highest BCUT2D eigenvalue weighted by atomic mass is 16.4. The highest BCUT2D eigenvalue weighted by molar-refractivity contribution is 5.95. The normalized spacial score (nSPS) is 13.8. The van der Waals surface area contributed by atoms with Crippen LogP contribution in [0.25, 0.3) is 0 Å². The number of carbonyl (C=O) groups is 5. The number of nitrogens with zero attached hydrogens (tertiary/aromatic N) is 1. The summed E-state index contributed by atoms with van der Waals surface area (Å²) >= 11 is 0. The van der Waals surface area contributed by atoms with E-state index in [1.54, 1.807) is 13.8 Å². The molecule has 4 atom stereocenters. The molecule has 0 aromatic heterocycles. The first-order valence-corrected chi connectivity index (χ1v) is 12.2. The van der Waals surface area contributed by atoms with Gasteiger partial charge in [-0.25, -0.2) is 4.79 Å². The van der Waals surface area contributed by atoms with Crippen molar-refractivity contribution in [3.8, 4) is 5.75 Å². The zero-order chi connectivity index (χ0) is 29.7. The molecule has 0 fully saturated rings. The van der Waals surface area contributed by atoms with Crippen LogP contribution in [0.3, 0.4) is 0 Å². The summed E-state index contributed by atoms with van der Waals surface area (Å²) in [4.78, 5) is 65.1. The zero-order valence-electron chi connectivity index (χ0n) is 21.8. The Morgan fingerprint density at radius 3 is 2.00 bits per heavy atom. The van der Waals surface area contributed by atoms with Gasteiger partial charge in [-0.15, -0.1) is 0 Å². The van der Waals surface area contributed by atoms with Gasteiger partial charge < -0.3 is 48.5 Å². The Kier molecular flexibility index (Phi) is 13.2. The first-order valence-electron chi connectivity index (χ1n) is 12.2. The molecule has 15 heteroatoms. The fraction of sp³-hybridized carbons (Fsp3) is 0.500. The lowest BCUT2D eigenvalue weighted by Crippen LogP contribution is -2.59. The van der Waals surface area contributed by atoms with Crippen LogP contribution in [0.5, 0.6) is 5.75 Å². The highest BCUT2D eigenvalue weighted by Crippen LogP contribution is 2.13. The van der Waals surface area contributed by atoms with E-state index in [1.165, 1.54) is 24.3 Å². The van der Waals surface area contributed by atoms with E-state index in [0.29, 0.717) is 5.56 Å². The number of hydrogen-bond donors (Lipinski definition) is 9. The number of rotatable bonds is 16. The lowest BCUT2D eigenvalue weighted by Gasteiger charge is -2.27. The number of aromatic hydroxyl groups is 1. The number of carboxylic acid groups (broad SMARTS) is 2. The summed E-state index contributed by atoms with van der Waals surface area (Å²) in [5.41, 5.74) is 16.7. The minimum atomic E-state index is -1.40. The van der Waals surface area contributed by atoms with Gasteiger partial charge in [0, 0.05) is 13.0 Å². The van der Waals surface area contributed by atoms with E-state index in [0.717, 1.165) is 0 Å². The maximum Gasteiger partial charge on any atom is 0.326 e. The van der Waals surface area contributed by atoms with Crippen molar-refractivity contribution in [1.82, 2.24) is 16.0 Å². The summed E-state index contributed by atoms with van der Waals surface area (Å²) in [5, 5.41) is 35.3. The molecule has 0 aliphatic carbocycles. The van der Waals surface area contributed by atoms with Gasteiger partial charge in [0.2, 0.25) is 17.7 Å². The SMILES string of the molecule is CC(C)[C@H](NC(=O)[C@@H](N)CC(=O)O)C(=O)N[C@@H](Cc1ccc(O)cc1)C(=O)N[C@@H](CCCN=C(N)N)C(=O)O. The van der Waals surface area contributed by atoms with Crippen molar-refractivity contribution in [3.63, 3.8) is 0 Å². The van der Waals surface area contributed by atoms with E-state index in [-0.39, 0.29) is 37.5 Å². The standard InChI is InChI=1S/C24H37N7O8/c1-12(2)19(31-20(35)15(25)11-18(33)34)22(37)30-17(10-13-5-7-14(32)8-6-13)21(36)29-16(23(38)39)4-3-9-28-24(26)27/h5-8,12,15-17,19,32H,3-4,9-11,25H2,1-2H3,(H,29,36)(H,30,37)(H,31,35)(H,33,34)(H,38,39)(H4,26,27,28)/t15-,16-,17-,19-/m0/s1. The largest absolute Gasteiger partial charge is 0.508 e. The van der Waals surface area contributed by atoms with Crippen LogP contribution in [-0.2, 0) is 30.4 Å². The fourth-order valence-electron chi connectivity index (χ4n) is 3.45. The van der Waals surface area contributed by atoms with E-state index in [4.69, 9.17) is 22.3 Å². The molecule has 0 radical (unpaired) electrons. The molecule has 12 N–H and O–H groups in total. The van der Waals surface area contributed by atoms with E-state index in [2.05, 4.69) is 20.9 Å². The third-order valence-corrected chi connectivity index (χ3v) is 5.55. The maximum atomic E-state index is 13.2. The van der Waals surface area contributed by atoms with E-state index in [9.17, 15) is 34.2 Å². The van der Waals surface area contributed by atoms with Gasteiger partial charge >= 0.3 is 11.9 Å². The molecule has 3 amide bonds. The second-order valence-electron chi connectivity index (χ2n) is 9.21. The second kappa shape index (κ2) is 15.8. The number of nitrogens with two attached hydrogens (primary N) is 3. The van der Waals surface area contributed by atoms with Crippen LogP contribution < -0.4 is 33.2 Å². The average molecular weight is 552 g/mol. The van der Waals surface area contributed by atoms with Crippen LogP contribution in [0, 0.1) is 5.92 Å². The molecule has 0 unspecified atom stereocenters. The van der Waals surface area contributed by atoms with Crippen molar-refractivity contribution >= 4 is 35.6 Å². The van der Waals surface area contributed by atoms with Crippen molar-refractivity contribution in [3.05, 3.63) is 29.8 Å². The predicted octanol–water partition coefficient (Wildman–Crippen LogP) is -2.01. The van der Waals surface area contributed by atoms with Gasteiger partial charge in [-0.1, -0.05) is 26.0 Å². The van der Waals surface area contributed by atoms with Crippen LogP contribution in [0.15, 0.2) is 29.3 Å². The van der Waals surface area contributed by atoms with Crippen LogP contribution in [0.4, 0.5) is 0 Å². The van der Waals surface area contributed by atoms with Gasteiger partial charge in [-0.3, -0.25) is 24.2 Å². The summed E-state index contributed by atoms with van der Waals surface area (Å²) < 4.78 is 0. The molecule has 0 aliphatic rings. The molecular weight excluding hydrogens is 514 g/mol. The molecule has 15 nitrogen and oxygen atoms in total. The van der Waals surface area contributed by atoms with Gasteiger partial charge in [0.15, 0.2) is 5.96 Å². The zero-order valence-corrected chi connectivity index (χ0v) is 21.8. The summed E-state index contributed by atoms with van der Waals surface area (Å²) in [5.74, 6) is -5.68. The number of benzene rings is 1. The van der Waals surface area contributed by atoms with E-state index in [1.807, 2.05) is 0 Å². The Morgan fingerprint density at radius 2 is 1.49 bits per heavy atom. The van der Waals surface area contributed by atoms with Crippen LogP contribution >= 0.6 is 0 Å². The van der Waals surface area contributed by atoms with Gasteiger partial charge in [0.1, 0.15) is 23.9 Å². The first-order chi connectivity index (χ1) is 18.2. The molecule has 39 heavy (non-hydrogen) atoms. The van der Waals surface area contributed by atoms with Gasteiger partial charge in [-0.05, 0) is 36.5 Å². The fourth-order valence-corrected chi connectivity index (χ4v) is 3.45. The van der Waals surface area contributed by atoms with E-state index >= 15 is 0 Å². The van der Waals surface area contributed by atoms with Gasteiger partial charge in [0.25, 0.3) is 0 Å². The molecule has 0 saturated heterocycles. The molecule has 0 spiro atoms. The summed E-state index contributed by atoms with van der Waals surface area (Å²) in [6.07, 6.45) is -0.467. The number of amides is 3. The average Bonchev–Trinajstić information content (AvgIpc) is 2.83. The quantitative estimate of drug-likeness (QED) is 0.0614. The summed E-state index contributed by atoms with van der Waals surface area (Å²) in [6, 6.07) is 0.669. The third kappa shape index (κ3) is 12.1. The molecule has 1 rings (SSSR count). The lowest BCUT2D eigenvalue weighted by atomic mass is 10.00. The minimum Gasteiger partial charge on any atom is -0.508 e. The smallest absolute Gasteiger partial charge is 0.326 e. The van der Waals surface area contributed by atoms with Gasteiger partial charge in [0.05, 0.1) is 12.5 Å². The number of nitrogens with one attached hydrogen (secondary N) is 3. The topological polar surface area (TPSA) is 273 Å². The Morgan fingerprint density at radius 1 is 0.897 bits per heavy atom. The predicted molar refractivity (Wildman–Crippen MR) is 140 cm³/mol. The number of guanidine groups is 1. The number of phenolic OH excluding ortho intramolecular Hbond substituents is 1. The Labute approximate surface area is 225 Å². The molecule has 1 aromatic carbocycles. The van der Waals surface area contributed by atoms with Gasteiger partial charge in [-0.2, -0.15) is 0 Å². The molecule has 1 aromatic rings. The number of carboxylic acids is 2. The van der Waals surface area contributed by atoms with Crippen LogP contribution in [-0.4, -0.2) is 81.7 Å². The Bertz CT molecular complexity index is 1040. The Hall–Kier alpha value is -4.40. The molecule has 0 bridgehead atoms.